The molecule has 0 amide bonds. The molecule has 1 aromatic heterocycles. The van der Waals surface area contributed by atoms with Gasteiger partial charge in [-0.25, -0.2) is 9.97 Å². The van der Waals surface area contributed by atoms with Crippen LogP contribution in [0.25, 0.3) is 22.3 Å². The third kappa shape index (κ3) is 2.14. The number of hydrogen-bond acceptors (Lipinski definition) is 4. The summed E-state index contributed by atoms with van der Waals surface area (Å²) in [5, 5.41) is 10.4. The summed E-state index contributed by atoms with van der Waals surface area (Å²) in [6, 6.07) is 12.3. The SMILES string of the molecule is COc1ccccc1-c1nc(Cl)c2cc(O)ccc2n1. The van der Waals surface area contributed by atoms with Crippen LogP contribution in [0.5, 0.6) is 11.5 Å². The number of nitrogens with zero attached hydrogens (tertiary/aromatic N) is 2. The number of halogens is 1. The molecule has 0 aliphatic carbocycles. The molecule has 0 saturated heterocycles. The quantitative estimate of drug-likeness (QED) is 0.730. The molecule has 3 aromatic rings. The maximum atomic E-state index is 9.49. The Bertz CT molecular complexity index is 790. The second kappa shape index (κ2) is 4.98. The number of hydrogen-bond donors (Lipinski definition) is 1. The van der Waals surface area contributed by atoms with Crippen molar-refractivity contribution in [1.82, 2.24) is 9.97 Å². The fourth-order valence-corrected chi connectivity index (χ4v) is 2.26. The van der Waals surface area contributed by atoms with Gasteiger partial charge in [-0.1, -0.05) is 23.7 Å². The minimum atomic E-state index is 0.132. The average molecular weight is 287 g/mol. The molecule has 1 N–H and O–H groups in total. The van der Waals surface area contributed by atoms with Crippen LogP contribution in [0.1, 0.15) is 0 Å². The normalized spacial score (nSPS) is 10.7. The van der Waals surface area contributed by atoms with Crippen LogP contribution in [0, 0.1) is 0 Å². The Kier molecular flexibility index (Phi) is 3.16. The summed E-state index contributed by atoms with van der Waals surface area (Å²) in [5.74, 6) is 1.31. The predicted molar refractivity (Wildman–Crippen MR) is 78.2 cm³/mol. The minimum absolute atomic E-state index is 0.132. The van der Waals surface area contributed by atoms with Gasteiger partial charge in [0.15, 0.2) is 5.82 Å². The number of para-hydroxylation sites is 1. The van der Waals surface area contributed by atoms with E-state index >= 15 is 0 Å². The van der Waals surface area contributed by atoms with E-state index in [1.807, 2.05) is 24.3 Å². The van der Waals surface area contributed by atoms with E-state index in [1.54, 1.807) is 25.3 Å². The fraction of sp³-hybridized carbons (Fsp3) is 0.0667. The van der Waals surface area contributed by atoms with Gasteiger partial charge in [0.2, 0.25) is 0 Å². The number of phenolic OH excluding ortho intramolecular Hbond substituents is 1. The Balaban J connectivity index is 2.25. The highest BCUT2D eigenvalue weighted by Crippen LogP contribution is 2.31. The van der Waals surface area contributed by atoms with Crippen molar-refractivity contribution in [3.05, 3.63) is 47.6 Å². The zero-order valence-corrected chi connectivity index (χ0v) is 11.4. The number of fused-ring (bicyclic) bond motifs is 1. The largest absolute Gasteiger partial charge is 0.508 e. The van der Waals surface area contributed by atoms with Gasteiger partial charge in [-0.3, -0.25) is 0 Å². The first-order chi connectivity index (χ1) is 9.69. The number of aromatic hydroxyl groups is 1. The van der Waals surface area contributed by atoms with Crippen LogP contribution in [-0.2, 0) is 0 Å². The molecule has 0 saturated carbocycles. The fourth-order valence-electron chi connectivity index (χ4n) is 2.03. The Morgan fingerprint density at radius 2 is 1.90 bits per heavy atom. The van der Waals surface area contributed by atoms with Crippen LogP contribution in [-0.4, -0.2) is 22.2 Å². The summed E-state index contributed by atoms with van der Waals surface area (Å²) in [4.78, 5) is 8.75. The van der Waals surface area contributed by atoms with Gasteiger partial charge in [0, 0.05) is 5.39 Å². The number of rotatable bonds is 2. The number of ether oxygens (including phenoxy) is 1. The molecule has 20 heavy (non-hydrogen) atoms. The van der Waals surface area contributed by atoms with Crippen molar-refractivity contribution in [2.24, 2.45) is 0 Å². The average Bonchev–Trinajstić information content (AvgIpc) is 2.47. The van der Waals surface area contributed by atoms with Crippen LogP contribution in [0.4, 0.5) is 0 Å². The zero-order valence-electron chi connectivity index (χ0n) is 10.7. The van der Waals surface area contributed by atoms with E-state index in [4.69, 9.17) is 16.3 Å². The lowest BCUT2D eigenvalue weighted by molar-refractivity contribution is 0.416. The summed E-state index contributed by atoms with van der Waals surface area (Å²) < 4.78 is 5.31. The van der Waals surface area contributed by atoms with Crippen molar-refractivity contribution >= 4 is 22.5 Å². The van der Waals surface area contributed by atoms with Gasteiger partial charge in [0.1, 0.15) is 16.7 Å². The highest BCUT2D eigenvalue weighted by Gasteiger charge is 2.12. The van der Waals surface area contributed by atoms with Crippen LogP contribution < -0.4 is 4.74 Å². The van der Waals surface area contributed by atoms with E-state index in [1.165, 1.54) is 0 Å². The maximum absolute atomic E-state index is 9.49. The van der Waals surface area contributed by atoms with Gasteiger partial charge < -0.3 is 9.84 Å². The van der Waals surface area contributed by atoms with E-state index in [-0.39, 0.29) is 5.75 Å². The summed E-state index contributed by atoms with van der Waals surface area (Å²) in [7, 11) is 1.60. The molecule has 4 nitrogen and oxygen atoms in total. The highest BCUT2D eigenvalue weighted by molar-refractivity contribution is 6.34. The van der Waals surface area contributed by atoms with Gasteiger partial charge >= 0.3 is 0 Å². The topological polar surface area (TPSA) is 55.2 Å². The third-order valence-electron chi connectivity index (χ3n) is 2.98. The third-order valence-corrected chi connectivity index (χ3v) is 3.27. The number of aromatic nitrogens is 2. The predicted octanol–water partition coefficient (Wildman–Crippen LogP) is 3.66. The van der Waals surface area contributed by atoms with Crippen LogP contribution >= 0.6 is 11.6 Å². The van der Waals surface area contributed by atoms with Gasteiger partial charge in [0.05, 0.1) is 18.2 Å². The van der Waals surface area contributed by atoms with E-state index in [0.717, 1.165) is 5.56 Å². The molecule has 100 valence electrons. The summed E-state index contributed by atoms with van der Waals surface area (Å²) in [6.07, 6.45) is 0. The smallest absolute Gasteiger partial charge is 0.165 e. The molecule has 0 radical (unpaired) electrons. The van der Waals surface area contributed by atoms with Crippen LogP contribution in [0.3, 0.4) is 0 Å². The van der Waals surface area contributed by atoms with Crippen molar-refractivity contribution in [2.75, 3.05) is 7.11 Å². The molecular formula is C15H11ClN2O2. The molecule has 0 aliphatic rings. The lowest BCUT2D eigenvalue weighted by Crippen LogP contribution is -1.94. The molecule has 0 fully saturated rings. The van der Waals surface area contributed by atoms with E-state index in [2.05, 4.69) is 9.97 Å². The molecule has 2 aromatic carbocycles. The van der Waals surface area contributed by atoms with Gasteiger partial charge in [-0.15, -0.1) is 0 Å². The van der Waals surface area contributed by atoms with E-state index in [0.29, 0.717) is 27.6 Å². The summed E-state index contributed by atoms with van der Waals surface area (Å²) in [6.45, 7) is 0. The molecule has 0 spiro atoms. The Morgan fingerprint density at radius 1 is 1.10 bits per heavy atom. The zero-order chi connectivity index (χ0) is 14.1. The monoisotopic (exact) mass is 286 g/mol. The second-order valence-corrected chi connectivity index (χ2v) is 4.60. The number of methoxy groups -OCH3 is 1. The van der Waals surface area contributed by atoms with Crippen molar-refractivity contribution in [2.45, 2.75) is 0 Å². The molecular weight excluding hydrogens is 276 g/mol. The molecule has 0 unspecified atom stereocenters. The molecule has 0 bridgehead atoms. The standard InChI is InChI=1S/C15H11ClN2O2/c1-20-13-5-3-2-4-10(13)15-17-12-7-6-9(19)8-11(12)14(16)18-15/h2-8,19H,1H3. The summed E-state index contributed by atoms with van der Waals surface area (Å²) in [5.41, 5.74) is 1.44. The van der Waals surface area contributed by atoms with Crippen molar-refractivity contribution < 1.29 is 9.84 Å². The van der Waals surface area contributed by atoms with Crippen LogP contribution in [0.15, 0.2) is 42.5 Å². The Labute approximate surface area is 120 Å². The van der Waals surface area contributed by atoms with Crippen LogP contribution in [0.2, 0.25) is 5.15 Å². The van der Waals surface area contributed by atoms with Gasteiger partial charge in [0.25, 0.3) is 0 Å². The Hall–Kier alpha value is -2.33. The van der Waals surface area contributed by atoms with E-state index in [9.17, 15) is 5.11 Å². The van der Waals surface area contributed by atoms with Gasteiger partial charge in [-0.2, -0.15) is 0 Å². The number of benzene rings is 2. The first-order valence-electron chi connectivity index (χ1n) is 5.98. The molecule has 5 heteroatoms. The lowest BCUT2D eigenvalue weighted by Gasteiger charge is -2.08. The summed E-state index contributed by atoms with van der Waals surface area (Å²) >= 11 is 6.18. The Morgan fingerprint density at radius 3 is 2.70 bits per heavy atom. The maximum Gasteiger partial charge on any atom is 0.165 e. The molecule has 1 heterocycles. The van der Waals surface area contributed by atoms with Crippen molar-refractivity contribution in [3.8, 4) is 22.9 Å². The minimum Gasteiger partial charge on any atom is -0.508 e. The molecule has 0 aliphatic heterocycles. The van der Waals surface area contributed by atoms with Gasteiger partial charge in [-0.05, 0) is 30.3 Å². The van der Waals surface area contributed by atoms with E-state index < -0.39 is 0 Å². The highest BCUT2D eigenvalue weighted by atomic mass is 35.5. The first-order valence-corrected chi connectivity index (χ1v) is 6.36. The molecule has 0 atom stereocenters. The second-order valence-electron chi connectivity index (χ2n) is 4.24. The molecule has 3 rings (SSSR count). The van der Waals surface area contributed by atoms with Crippen molar-refractivity contribution in [1.29, 1.82) is 0 Å². The number of phenols is 1. The lowest BCUT2D eigenvalue weighted by atomic mass is 10.1. The first kappa shape index (κ1) is 12.7. The van der Waals surface area contributed by atoms with Crippen molar-refractivity contribution in [3.63, 3.8) is 0 Å².